The third-order valence-corrected chi connectivity index (χ3v) is 8.07. The van der Waals surface area contributed by atoms with Crippen LogP contribution in [0.5, 0.6) is 11.5 Å². The number of hydrogen-bond acceptors (Lipinski definition) is 6. The largest absolute Gasteiger partial charge is 0.497 e. The summed E-state index contributed by atoms with van der Waals surface area (Å²) < 4.78 is 11.2. The maximum absolute atomic E-state index is 13.7. The molecule has 3 aliphatic rings. The minimum absolute atomic E-state index is 0.00779. The molecule has 0 radical (unpaired) electrons. The number of urea groups is 1. The van der Waals surface area contributed by atoms with Gasteiger partial charge in [0.05, 0.1) is 31.2 Å². The van der Waals surface area contributed by atoms with Gasteiger partial charge in [0.2, 0.25) is 0 Å². The molecule has 188 valence electrons. The van der Waals surface area contributed by atoms with Gasteiger partial charge in [0.1, 0.15) is 11.5 Å². The van der Waals surface area contributed by atoms with Crippen molar-refractivity contribution < 1.29 is 19.1 Å². The van der Waals surface area contributed by atoms with Crippen LogP contribution in [-0.4, -0.2) is 66.0 Å². The first-order chi connectivity index (χ1) is 16.8. The zero-order valence-corrected chi connectivity index (χ0v) is 21.7. The number of benzene rings is 1. The highest BCUT2D eigenvalue weighted by molar-refractivity contribution is 8.06. The Morgan fingerprint density at radius 1 is 1.29 bits per heavy atom. The van der Waals surface area contributed by atoms with Crippen molar-refractivity contribution in [3.05, 3.63) is 58.1 Å². The molecule has 0 aromatic heterocycles. The molecular weight excluding hydrogens is 464 g/mol. The van der Waals surface area contributed by atoms with Crippen molar-refractivity contribution in [1.82, 2.24) is 14.7 Å². The van der Waals surface area contributed by atoms with Gasteiger partial charge in [0.15, 0.2) is 0 Å². The molecule has 0 saturated carbocycles. The summed E-state index contributed by atoms with van der Waals surface area (Å²) in [4.78, 5) is 32.7. The number of likely N-dealkylation sites (tertiary alicyclic amines) is 1. The average molecular weight is 499 g/mol. The monoisotopic (exact) mass is 498 g/mol. The first kappa shape index (κ1) is 25.0. The second-order valence-electron chi connectivity index (χ2n) is 9.05. The van der Waals surface area contributed by atoms with Gasteiger partial charge in [-0.3, -0.25) is 9.69 Å². The molecule has 3 aliphatic heterocycles. The molecular formula is C26H34N4O4S. The lowest BCUT2D eigenvalue weighted by Gasteiger charge is -2.44. The predicted molar refractivity (Wildman–Crippen MR) is 138 cm³/mol. The number of allylic oxidation sites excluding steroid dienone is 1. The van der Waals surface area contributed by atoms with Crippen LogP contribution >= 0.6 is 11.8 Å². The summed E-state index contributed by atoms with van der Waals surface area (Å²) in [6.07, 6.45) is 4.96. The summed E-state index contributed by atoms with van der Waals surface area (Å²) >= 11 is 1.23. The molecule has 1 aromatic carbocycles. The molecule has 0 aliphatic carbocycles. The molecule has 1 aromatic rings. The van der Waals surface area contributed by atoms with Gasteiger partial charge < -0.3 is 25.0 Å². The van der Waals surface area contributed by atoms with Crippen LogP contribution in [0, 0.1) is 0 Å². The Morgan fingerprint density at radius 2 is 2.00 bits per heavy atom. The van der Waals surface area contributed by atoms with Crippen LogP contribution < -0.4 is 15.2 Å². The molecule has 1 atom stereocenters. The van der Waals surface area contributed by atoms with Gasteiger partial charge in [-0.15, -0.1) is 0 Å². The lowest BCUT2D eigenvalue weighted by atomic mass is 9.82. The van der Waals surface area contributed by atoms with Crippen molar-refractivity contribution in [3.8, 4) is 11.5 Å². The number of ether oxygens (including phenoxy) is 2. The summed E-state index contributed by atoms with van der Waals surface area (Å²) in [6, 6.07) is 3.91. The number of hydrogen-bond donors (Lipinski definition) is 1. The van der Waals surface area contributed by atoms with E-state index in [9.17, 15) is 9.59 Å². The Hall–Kier alpha value is -3.07. The van der Waals surface area contributed by atoms with Crippen molar-refractivity contribution in [2.75, 3.05) is 33.9 Å². The fourth-order valence-electron chi connectivity index (χ4n) is 5.69. The van der Waals surface area contributed by atoms with E-state index >= 15 is 0 Å². The van der Waals surface area contributed by atoms with E-state index in [1.165, 1.54) is 18.0 Å². The molecule has 0 bridgehead atoms. The first-order valence-electron chi connectivity index (χ1n) is 11.9. The lowest BCUT2D eigenvalue weighted by molar-refractivity contribution is -0.128. The summed E-state index contributed by atoms with van der Waals surface area (Å²) in [5.41, 5.74) is 8.09. The molecule has 0 unspecified atom stereocenters. The lowest BCUT2D eigenvalue weighted by Crippen LogP contribution is -2.54. The van der Waals surface area contributed by atoms with E-state index in [4.69, 9.17) is 15.2 Å². The number of piperidine rings is 1. The standard InChI is InChI=1S/C26H34N4O4S/c1-6-30-25(32)29-16-19-14-20(33-4)15-21(34-5)23(19)17(2)13-22(29)26(30)7-10-28(11-8-26)24(31)18(3)35-12-9-27/h9,12-15,17H,3,6-8,10-11,16,27H2,1-2,4-5H3/b12-9-/t17-/m0/s1. The van der Waals surface area contributed by atoms with Gasteiger partial charge in [-0.25, -0.2) is 4.79 Å². The fraction of sp³-hybridized carbons (Fsp3) is 0.462. The van der Waals surface area contributed by atoms with Gasteiger partial charge in [-0.2, -0.15) is 0 Å². The highest BCUT2D eigenvalue weighted by atomic mass is 32.2. The van der Waals surface area contributed by atoms with Crippen molar-refractivity contribution in [2.45, 2.75) is 44.7 Å². The van der Waals surface area contributed by atoms with Crippen LogP contribution in [-0.2, 0) is 11.3 Å². The smallest absolute Gasteiger partial charge is 0.325 e. The third kappa shape index (κ3) is 4.16. The second-order valence-corrected chi connectivity index (χ2v) is 10.1. The van der Waals surface area contributed by atoms with Crippen molar-refractivity contribution in [2.24, 2.45) is 5.73 Å². The molecule has 2 saturated heterocycles. The van der Waals surface area contributed by atoms with Gasteiger partial charge in [0.25, 0.3) is 5.91 Å². The molecule has 3 amide bonds. The summed E-state index contributed by atoms with van der Waals surface area (Å²) in [6.45, 7) is 10.2. The van der Waals surface area contributed by atoms with E-state index in [-0.39, 0.29) is 17.9 Å². The number of methoxy groups -OCH3 is 2. The second kappa shape index (κ2) is 9.89. The number of likely N-dealkylation sites (N-methyl/N-ethyl adjacent to an activating group) is 1. The van der Waals surface area contributed by atoms with Crippen molar-refractivity contribution >= 4 is 23.7 Å². The Bertz CT molecular complexity index is 1090. The Kier molecular flexibility index (Phi) is 7.07. The SMILES string of the molecule is C=C(S/C=C\N)C(=O)N1CCC2(CC1)C1=C[C@H](C)c3c(cc(OC)cc3OC)CN1C(=O)N2CC. The van der Waals surface area contributed by atoms with Gasteiger partial charge in [0, 0.05) is 49.1 Å². The minimum atomic E-state index is -0.443. The van der Waals surface area contributed by atoms with Crippen LogP contribution in [0.1, 0.15) is 43.7 Å². The molecule has 3 heterocycles. The van der Waals surface area contributed by atoms with E-state index in [0.29, 0.717) is 49.7 Å². The number of thioether (sulfide) groups is 1. The van der Waals surface area contributed by atoms with E-state index in [1.54, 1.807) is 19.6 Å². The first-order valence-corrected chi connectivity index (χ1v) is 12.8. The molecule has 2 N–H and O–H groups in total. The molecule has 1 spiro atoms. The zero-order chi connectivity index (χ0) is 25.3. The van der Waals surface area contributed by atoms with Crippen LogP contribution in [0.15, 0.2) is 47.0 Å². The fourth-order valence-corrected chi connectivity index (χ4v) is 6.17. The van der Waals surface area contributed by atoms with Crippen molar-refractivity contribution in [1.29, 1.82) is 0 Å². The van der Waals surface area contributed by atoms with Gasteiger partial charge in [-0.1, -0.05) is 31.3 Å². The third-order valence-electron chi connectivity index (χ3n) is 7.32. The Morgan fingerprint density at radius 3 is 2.60 bits per heavy atom. The van der Waals surface area contributed by atoms with E-state index in [0.717, 1.165) is 22.6 Å². The number of carbonyl (C=O) groups is 2. The topological polar surface area (TPSA) is 88.3 Å². The van der Waals surface area contributed by atoms with Crippen molar-refractivity contribution in [3.63, 3.8) is 0 Å². The minimum Gasteiger partial charge on any atom is -0.497 e. The van der Waals surface area contributed by atoms with E-state index in [1.807, 2.05) is 33.8 Å². The molecule has 8 nitrogen and oxygen atoms in total. The number of carbonyl (C=O) groups excluding carboxylic acids is 2. The van der Waals surface area contributed by atoms with E-state index < -0.39 is 5.54 Å². The number of rotatable bonds is 6. The van der Waals surface area contributed by atoms with Gasteiger partial charge in [-0.05, 0) is 36.8 Å². The number of nitrogens with zero attached hydrogens (tertiary/aromatic N) is 3. The maximum atomic E-state index is 13.7. The zero-order valence-electron chi connectivity index (χ0n) is 20.9. The predicted octanol–water partition coefficient (Wildman–Crippen LogP) is 4.00. The van der Waals surface area contributed by atoms with Crippen LogP contribution in [0.4, 0.5) is 4.79 Å². The molecule has 4 rings (SSSR count). The molecule has 9 heteroatoms. The van der Waals surface area contributed by atoms with E-state index in [2.05, 4.69) is 19.6 Å². The Labute approximate surface area is 211 Å². The number of nitrogens with two attached hydrogens (primary N) is 1. The summed E-state index contributed by atoms with van der Waals surface area (Å²) in [5.74, 6) is 1.44. The number of amides is 3. The average Bonchev–Trinajstić information content (AvgIpc) is 2.97. The molecule has 2 fully saturated rings. The number of fused-ring (bicyclic) bond motifs is 3. The van der Waals surface area contributed by atoms with Crippen LogP contribution in [0.3, 0.4) is 0 Å². The van der Waals surface area contributed by atoms with Crippen LogP contribution in [0.25, 0.3) is 0 Å². The maximum Gasteiger partial charge on any atom is 0.325 e. The highest BCUT2D eigenvalue weighted by Gasteiger charge is 2.55. The summed E-state index contributed by atoms with van der Waals surface area (Å²) in [7, 11) is 3.29. The summed E-state index contributed by atoms with van der Waals surface area (Å²) in [5, 5.41) is 1.65. The Balaban J connectivity index is 1.67. The normalized spacial score (nSPS) is 21.0. The van der Waals surface area contributed by atoms with Crippen LogP contribution in [0.2, 0.25) is 0 Å². The van der Waals surface area contributed by atoms with Gasteiger partial charge >= 0.3 is 6.03 Å². The quantitative estimate of drug-likeness (QED) is 0.597. The highest BCUT2D eigenvalue weighted by Crippen LogP contribution is 2.49. The molecule has 35 heavy (non-hydrogen) atoms.